The highest BCUT2D eigenvalue weighted by atomic mass is 16.3. The number of fused-ring (bicyclic) bond motifs is 1. The van der Waals surface area contributed by atoms with Crippen LogP contribution >= 0.6 is 0 Å². The third-order valence-electron chi connectivity index (χ3n) is 3.59. The largest absolute Gasteiger partial charge is 0.493 e. The Morgan fingerprint density at radius 1 is 1.09 bits per heavy atom. The van der Waals surface area contributed by atoms with E-state index in [4.69, 9.17) is 0 Å². The van der Waals surface area contributed by atoms with Crippen molar-refractivity contribution in [2.24, 2.45) is 0 Å². The first kappa shape index (κ1) is 14.1. The van der Waals surface area contributed by atoms with Gasteiger partial charge in [0.15, 0.2) is 0 Å². The van der Waals surface area contributed by atoms with E-state index < -0.39 is 0 Å². The molecule has 4 nitrogen and oxygen atoms in total. The molecule has 1 heterocycles. The monoisotopic (exact) mass is 292 g/mol. The minimum absolute atomic E-state index is 0.0530. The highest BCUT2D eigenvalue weighted by molar-refractivity contribution is 5.98. The molecule has 110 valence electrons. The number of amides is 1. The fourth-order valence-electron chi connectivity index (χ4n) is 2.35. The first-order valence-electron chi connectivity index (χ1n) is 7.09. The van der Waals surface area contributed by atoms with E-state index >= 15 is 0 Å². The Morgan fingerprint density at radius 2 is 1.82 bits per heavy atom. The summed E-state index contributed by atoms with van der Waals surface area (Å²) < 4.78 is 0. The molecular weight excluding hydrogens is 276 g/mol. The molecule has 0 spiro atoms. The van der Waals surface area contributed by atoms with Crippen LogP contribution in [-0.4, -0.2) is 16.0 Å². The summed E-state index contributed by atoms with van der Waals surface area (Å²) >= 11 is 0. The topological polar surface area (TPSA) is 62.2 Å². The van der Waals surface area contributed by atoms with Gasteiger partial charge < -0.3 is 10.4 Å². The minimum Gasteiger partial charge on any atom is -0.493 e. The van der Waals surface area contributed by atoms with Gasteiger partial charge in [-0.25, -0.2) is 4.98 Å². The molecule has 0 saturated carbocycles. The second kappa shape index (κ2) is 5.85. The number of carbonyl (C=O) groups is 1. The standard InChI is InChI=1S/C18H16N2O2/c1-12(13-5-3-2-4-6-13)19-18(22)15-8-7-14-9-10-17(21)20-16(14)11-15/h2-12H,1H3,(H,19,22)(H,20,21)/t12-/m1/s1. The van der Waals surface area contributed by atoms with Gasteiger partial charge in [-0.2, -0.15) is 0 Å². The molecule has 0 aliphatic rings. The van der Waals surface area contributed by atoms with Crippen molar-refractivity contribution in [1.82, 2.24) is 10.3 Å². The quantitative estimate of drug-likeness (QED) is 0.777. The van der Waals surface area contributed by atoms with Gasteiger partial charge in [0.1, 0.15) is 0 Å². The van der Waals surface area contributed by atoms with Crippen molar-refractivity contribution >= 4 is 16.8 Å². The number of aromatic nitrogens is 1. The number of benzene rings is 2. The summed E-state index contributed by atoms with van der Waals surface area (Å²) in [5.41, 5.74) is 2.17. The van der Waals surface area contributed by atoms with Gasteiger partial charge in [-0.05, 0) is 30.7 Å². The fourth-order valence-corrected chi connectivity index (χ4v) is 2.35. The number of hydrogen-bond donors (Lipinski definition) is 2. The van der Waals surface area contributed by atoms with E-state index in [1.54, 1.807) is 18.2 Å². The van der Waals surface area contributed by atoms with Crippen LogP contribution in [0.4, 0.5) is 0 Å². The Labute approximate surface area is 128 Å². The Morgan fingerprint density at radius 3 is 2.59 bits per heavy atom. The predicted molar refractivity (Wildman–Crippen MR) is 85.7 cm³/mol. The lowest BCUT2D eigenvalue weighted by Crippen LogP contribution is -2.26. The average molecular weight is 292 g/mol. The smallest absolute Gasteiger partial charge is 0.251 e. The molecule has 22 heavy (non-hydrogen) atoms. The highest BCUT2D eigenvalue weighted by Gasteiger charge is 2.12. The first-order valence-corrected chi connectivity index (χ1v) is 7.09. The molecule has 0 fully saturated rings. The van der Waals surface area contributed by atoms with Crippen LogP contribution in [0, 0.1) is 0 Å². The molecule has 0 bridgehead atoms. The molecule has 1 amide bonds. The molecule has 0 unspecified atom stereocenters. The zero-order valence-electron chi connectivity index (χ0n) is 12.2. The Hall–Kier alpha value is -2.88. The molecule has 0 aliphatic carbocycles. The lowest BCUT2D eigenvalue weighted by molar-refractivity contribution is 0.0940. The number of carbonyl (C=O) groups excluding carboxylic acids is 1. The maximum absolute atomic E-state index is 12.4. The van der Waals surface area contributed by atoms with Gasteiger partial charge in [-0.1, -0.05) is 36.4 Å². The van der Waals surface area contributed by atoms with Gasteiger partial charge >= 0.3 is 0 Å². The van der Waals surface area contributed by atoms with Crippen molar-refractivity contribution in [3.8, 4) is 5.88 Å². The summed E-state index contributed by atoms with van der Waals surface area (Å²) in [4.78, 5) is 16.4. The summed E-state index contributed by atoms with van der Waals surface area (Å²) in [5.74, 6) is -0.217. The van der Waals surface area contributed by atoms with Gasteiger partial charge in [0, 0.05) is 17.0 Å². The van der Waals surface area contributed by atoms with Crippen LogP contribution in [0.5, 0.6) is 5.88 Å². The first-order chi connectivity index (χ1) is 10.6. The SMILES string of the molecule is C[C@@H](NC(=O)c1ccc2ccc(O)nc2c1)c1ccccc1. The molecule has 3 aromatic rings. The zero-order chi connectivity index (χ0) is 15.5. The summed E-state index contributed by atoms with van der Waals surface area (Å²) in [5, 5.41) is 13.3. The summed E-state index contributed by atoms with van der Waals surface area (Å²) in [6.07, 6.45) is 0. The molecule has 2 N–H and O–H groups in total. The van der Waals surface area contributed by atoms with Crippen molar-refractivity contribution < 1.29 is 9.90 Å². The molecule has 0 aliphatic heterocycles. The van der Waals surface area contributed by atoms with E-state index in [9.17, 15) is 9.90 Å². The van der Waals surface area contributed by atoms with Gasteiger partial charge in [-0.3, -0.25) is 4.79 Å². The van der Waals surface area contributed by atoms with E-state index in [0.717, 1.165) is 10.9 Å². The van der Waals surface area contributed by atoms with Crippen molar-refractivity contribution in [2.75, 3.05) is 0 Å². The third kappa shape index (κ3) is 2.91. The van der Waals surface area contributed by atoms with Crippen LogP contribution in [0.1, 0.15) is 28.9 Å². The van der Waals surface area contributed by atoms with Crippen LogP contribution in [-0.2, 0) is 0 Å². The Bertz CT molecular complexity index is 816. The number of pyridine rings is 1. The molecular formula is C18H16N2O2. The van der Waals surface area contributed by atoms with Crippen LogP contribution < -0.4 is 5.32 Å². The van der Waals surface area contributed by atoms with Crippen molar-refractivity contribution in [2.45, 2.75) is 13.0 Å². The second-order valence-corrected chi connectivity index (χ2v) is 5.18. The van der Waals surface area contributed by atoms with Crippen LogP contribution in [0.15, 0.2) is 60.7 Å². The van der Waals surface area contributed by atoms with Gasteiger partial charge in [0.05, 0.1) is 11.6 Å². The highest BCUT2D eigenvalue weighted by Crippen LogP contribution is 2.18. The van der Waals surface area contributed by atoms with Crippen molar-refractivity contribution in [1.29, 1.82) is 0 Å². The van der Waals surface area contributed by atoms with E-state index in [0.29, 0.717) is 11.1 Å². The maximum atomic E-state index is 12.4. The second-order valence-electron chi connectivity index (χ2n) is 5.18. The van der Waals surface area contributed by atoms with Crippen molar-refractivity contribution in [3.63, 3.8) is 0 Å². The van der Waals surface area contributed by atoms with E-state index in [2.05, 4.69) is 10.3 Å². The van der Waals surface area contributed by atoms with Gasteiger partial charge in [0.25, 0.3) is 5.91 Å². The zero-order valence-corrected chi connectivity index (χ0v) is 12.2. The number of aromatic hydroxyl groups is 1. The Kier molecular flexibility index (Phi) is 3.74. The van der Waals surface area contributed by atoms with E-state index in [1.165, 1.54) is 6.07 Å². The summed E-state index contributed by atoms with van der Waals surface area (Å²) in [6, 6.07) is 18.3. The summed E-state index contributed by atoms with van der Waals surface area (Å²) in [7, 11) is 0. The molecule has 0 radical (unpaired) electrons. The predicted octanol–water partition coefficient (Wildman–Crippen LogP) is 3.43. The minimum atomic E-state index is -0.164. The van der Waals surface area contributed by atoms with Crippen LogP contribution in [0.2, 0.25) is 0 Å². The van der Waals surface area contributed by atoms with Crippen LogP contribution in [0.25, 0.3) is 10.9 Å². The molecule has 4 heteroatoms. The van der Waals surface area contributed by atoms with Gasteiger partial charge in [0.2, 0.25) is 5.88 Å². The molecule has 2 aromatic carbocycles. The summed E-state index contributed by atoms with van der Waals surface area (Å²) in [6.45, 7) is 1.94. The van der Waals surface area contributed by atoms with Gasteiger partial charge in [-0.15, -0.1) is 0 Å². The lowest BCUT2D eigenvalue weighted by atomic mass is 10.1. The Balaban J connectivity index is 1.83. The van der Waals surface area contributed by atoms with Crippen LogP contribution in [0.3, 0.4) is 0 Å². The molecule has 3 rings (SSSR count). The van der Waals surface area contributed by atoms with E-state index in [1.807, 2.05) is 43.3 Å². The number of hydrogen-bond acceptors (Lipinski definition) is 3. The number of rotatable bonds is 3. The lowest BCUT2D eigenvalue weighted by Gasteiger charge is -2.14. The normalized spacial score (nSPS) is 12.0. The molecule has 1 atom stereocenters. The molecule has 0 saturated heterocycles. The molecule has 1 aromatic heterocycles. The third-order valence-corrected chi connectivity index (χ3v) is 3.59. The fraction of sp³-hybridized carbons (Fsp3) is 0.111. The number of nitrogens with one attached hydrogen (secondary N) is 1. The maximum Gasteiger partial charge on any atom is 0.251 e. The van der Waals surface area contributed by atoms with Crippen molar-refractivity contribution in [3.05, 3.63) is 71.8 Å². The van der Waals surface area contributed by atoms with E-state index in [-0.39, 0.29) is 17.8 Å². The average Bonchev–Trinajstić information content (AvgIpc) is 2.54. The number of nitrogens with zero attached hydrogens (tertiary/aromatic N) is 1.